The van der Waals surface area contributed by atoms with Crippen LogP contribution in [0.4, 0.5) is 0 Å². The van der Waals surface area contributed by atoms with E-state index in [0.29, 0.717) is 35.8 Å². The Kier molecular flexibility index (Phi) is 10.7. The van der Waals surface area contributed by atoms with Gasteiger partial charge in [-0.2, -0.15) is 0 Å². The molecule has 3 N–H and O–H groups in total. The lowest BCUT2D eigenvalue weighted by Crippen LogP contribution is -2.51. The minimum atomic E-state index is -1.35. The highest BCUT2D eigenvalue weighted by molar-refractivity contribution is 6.00. The van der Waals surface area contributed by atoms with E-state index >= 15 is 0 Å². The molecule has 0 saturated heterocycles. The Morgan fingerprint density at radius 1 is 1.07 bits per heavy atom. The first-order chi connectivity index (χ1) is 19.1. The highest BCUT2D eigenvalue weighted by Gasteiger charge is 2.45. The minimum Gasteiger partial charge on any atom is -0.497 e. The van der Waals surface area contributed by atoms with Gasteiger partial charge in [0.2, 0.25) is 5.90 Å². The summed E-state index contributed by atoms with van der Waals surface area (Å²) in [5.74, 6) is 1.32. The summed E-state index contributed by atoms with van der Waals surface area (Å²) in [6, 6.07) is 12.5. The summed E-state index contributed by atoms with van der Waals surface area (Å²) in [6.07, 6.45) is 0.605. The summed E-state index contributed by atoms with van der Waals surface area (Å²) in [6.45, 7) is 6.05. The number of amides is 1. The van der Waals surface area contributed by atoms with Crippen molar-refractivity contribution in [2.75, 3.05) is 34.0 Å². The van der Waals surface area contributed by atoms with E-state index in [1.165, 1.54) is 0 Å². The van der Waals surface area contributed by atoms with Crippen molar-refractivity contribution in [3.05, 3.63) is 53.6 Å². The van der Waals surface area contributed by atoms with Crippen LogP contribution < -0.4 is 25.1 Å². The van der Waals surface area contributed by atoms with Crippen LogP contribution in [-0.2, 0) is 25.6 Å². The van der Waals surface area contributed by atoms with Gasteiger partial charge < -0.3 is 28.8 Å². The molecular formula is C29H39N3O8. The van der Waals surface area contributed by atoms with Gasteiger partial charge in [0.15, 0.2) is 5.54 Å². The quantitative estimate of drug-likeness (QED) is 0.182. The van der Waals surface area contributed by atoms with Crippen molar-refractivity contribution in [3.63, 3.8) is 0 Å². The standard InChI is InChI=1S/C29H39N3O8/c1-28(2,3)40-25(34)13-14-29(27(35)32-30-18-21-9-12-23(36-4)17-24(21)37-5)19-39-26(31-29)20-7-10-22(11-8-20)38-16-6-15-33/h7-12,17,30,33H,6,13-16,18-19H2,1-5H3,(H,32,35)/t29-/m0/s1. The molecule has 0 unspecified atom stereocenters. The minimum absolute atomic E-state index is 0.0191. The van der Waals surface area contributed by atoms with Crippen LogP contribution in [0.15, 0.2) is 47.5 Å². The fourth-order valence-corrected chi connectivity index (χ4v) is 3.94. The smallest absolute Gasteiger partial charge is 0.306 e. The zero-order valence-corrected chi connectivity index (χ0v) is 23.7. The molecule has 0 saturated carbocycles. The largest absolute Gasteiger partial charge is 0.497 e. The molecule has 11 nitrogen and oxygen atoms in total. The summed E-state index contributed by atoms with van der Waals surface area (Å²) < 4.78 is 27.6. The van der Waals surface area contributed by atoms with Gasteiger partial charge in [0.1, 0.15) is 29.5 Å². The molecule has 1 atom stereocenters. The van der Waals surface area contributed by atoms with Gasteiger partial charge in [-0.25, -0.2) is 10.4 Å². The van der Waals surface area contributed by atoms with Crippen molar-refractivity contribution in [1.82, 2.24) is 10.9 Å². The molecule has 0 radical (unpaired) electrons. The number of aliphatic imine (C=N–C) groups is 1. The monoisotopic (exact) mass is 557 g/mol. The van der Waals surface area contributed by atoms with Gasteiger partial charge in [0, 0.05) is 43.2 Å². The van der Waals surface area contributed by atoms with Gasteiger partial charge in [-0.05, 0) is 57.5 Å². The number of methoxy groups -OCH3 is 2. The fraction of sp³-hybridized carbons (Fsp3) is 0.483. The van der Waals surface area contributed by atoms with Crippen molar-refractivity contribution in [2.45, 2.75) is 57.7 Å². The van der Waals surface area contributed by atoms with Crippen LogP contribution in [0.3, 0.4) is 0 Å². The molecule has 2 aromatic rings. The Bertz CT molecular complexity index is 1180. The number of carbonyl (C=O) groups excluding carboxylic acids is 2. The third kappa shape index (κ3) is 8.59. The van der Waals surface area contributed by atoms with Crippen LogP contribution in [0.25, 0.3) is 0 Å². The van der Waals surface area contributed by atoms with Crippen LogP contribution in [0, 0.1) is 0 Å². The molecule has 1 heterocycles. The number of ether oxygens (including phenoxy) is 5. The topological polar surface area (TPSA) is 137 Å². The average molecular weight is 558 g/mol. The second-order valence-electron chi connectivity index (χ2n) is 10.3. The van der Waals surface area contributed by atoms with E-state index < -0.39 is 23.0 Å². The van der Waals surface area contributed by atoms with Crippen molar-refractivity contribution in [2.24, 2.45) is 4.99 Å². The van der Waals surface area contributed by atoms with Crippen LogP contribution in [0.5, 0.6) is 17.2 Å². The molecule has 1 aliphatic heterocycles. The van der Waals surface area contributed by atoms with E-state index in [-0.39, 0.29) is 38.5 Å². The van der Waals surface area contributed by atoms with Gasteiger partial charge in [-0.15, -0.1) is 0 Å². The average Bonchev–Trinajstić information content (AvgIpc) is 3.37. The third-order valence-corrected chi connectivity index (χ3v) is 6.00. The highest BCUT2D eigenvalue weighted by atomic mass is 16.6. The van der Waals surface area contributed by atoms with Gasteiger partial charge in [-0.1, -0.05) is 6.07 Å². The summed E-state index contributed by atoms with van der Waals surface area (Å²) in [5, 5.41) is 8.93. The molecule has 2 aromatic carbocycles. The second-order valence-corrected chi connectivity index (χ2v) is 10.3. The number of rotatable bonds is 14. The lowest BCUT2D eigenvalue weighted by Gasteiger charge is -2.24. The van der Waals surface area contributed by atoms with Crippen molar-refractivity contribution >= 4 is 17.8 Å². The maximum atomic E-state index is 13.5. The van der Waals surface area contributed by atoms with Gasteiger partial charge in [-0.3, -0.25) is 15.0 Å². The molecule has 0 fully saturated rings. The predicted molar refractivity (Wildman–Crippen MR) is 148 cm³/mol. The number of nitrogens with one attached hydrogen (secondary N) is 2. The van der Waals surface area contributed by atoms with Crippen molar-refractivity contribution in [1.29, 1.82) is 0 Å². The Balaban J connectivity index is 1.74. The van der Waals surface area contributed by atoms with Crippen LogP contribution >= 0.6 is 0 Å². The zero-order chi connectivity index (χ0) is 29.2. The van der Waals surface area contributed by atoms with E-state index in [0.717, 1.165) is 5.56 Å². The molecule has 1 aliphatic rings. The first-order valence-corrected chi connectivity index (χ1v) is 13.1. The van der Waals surface area contributed by atoms with E-state index in [2.05, 4.69) is 15.8 Å². The molecule has 0 spiro atoms. The maximum absolute atomic E-state index is 13.5. The van der Waals surface area contributed by atoms with E-state index in [1.807, 2.05) is 6.07 Å². The number of benzene rings is 2. The lowest BCUT2D eigenvalue weighted by atomic mass is 9.94. The Hall–Kier alpha value is -3.83. The first kappa shape index (κ1) is 30.7. The SMILES string of the molecule is COc1ccc(CNNC(=O)[C@]2(CCC(=O)OC(C)(C)C)COC(c3ccc(OCCCO)cc3)=N2)c(OC)c1. The number of aliphatic hydroxyl groups is 1. The number of esters is 1. The number of hydrogen-bond acceptors (Lipinski definition) is 10. The van der Waals surface area contributed by atoms with E-state index in [9.17, 15) is 9.59 Å². The molecule has 0 bridgehead atoms. The third-order valence-electron chi connectivity index (χ3n) is 6.00. The fourth-order valence-electron chi connectivity index (χ4n) is 3.94. The van der Waals surface area contributed by atoms with Gasteiger partial charge >= 0.3 is 5.97 Å². The maximum Gasteiger partial charge on any atom is 0.306 e. The molecule has 40 heavy (non-hydrogen) atoms. The number of nitrogens with zero attached hydrogens (tertiary/aromatic N) is 1. The molecule has 1 amide bonds. The van der Waals surface area contributed by atoms with Crippen LogP contribution in [0.2, 0.25) is 0 Å². The predicted octanol–water partition coefficient (Wildman–Crippen LogP) is 2.92. The Morgan fingerprint density at radius 2 is 1.80 bits per heavy atom. The van der Waals surface area contributed by atoms with E-state index in [1.54, 1.807) is 71.4 Å². The molecule has 0 aromatic heterocycles. The molecule has 0 aliphatic carbocycles. The van der Waals surface area contributed by atoms with Gasteiger partial charge in [0.25, 0.3) is 5.91 Å². The van der Waals surface area contributed by atoms with E-state index in [4.69, 9.17) is 28.8 Å². The highest BCUT2D eigenvalue weighted by Crippen LogP contribution is 2.29. The normalized spacial score (nSPS) is 16.5. The van der Waals surface area contributed by atoms with Gasteiger partial charge in [0.05, 0.1) is 20.8 Å². The van der Waals surface area contributed by atoms with Crippen molar-refractivity contribution < 1.29 is 38.4 Å². The lowest BCUT2D eigenvalue weighted by molar-refractivity contribution is -0.155. The second kappa shape index (κ2) is 14.0. The van der Waals surface area contributed by atoms with Crippen LogP contribution in [0.1, 0.15) is 51.2 Å². The number of hydrogen-bond donors (Lipinski definition) is 3. The summed E-state index contributed by atoms with van der Waals surface area (Å²) in [5.41, 5.74) is 5.13. The number of carbonyl (C=O) groups is 2. The summed E-state index contributed by atoms with van der Waals surface area (Å²) in [7, 11) is 3.13. The number of hydrazine groups is 1. The molecule has 3 rings (SSSR count). The molecule has 218 valence electrons. The van der Waals surface area contributed by atoms with Crippen molar-refractivity contribution in [3.8, 4) is 17.2 Å². The first-order valence-electron chi connectivity index (χ1n) is 13.1. The molecular weight excluding hydrogens is 518 g/mol. The molecule has 11 heteroatoms. The number of aliphatic hydroxyl groups excluding tert-OH is 1. The Morgan fingerprint density at radius 3 is 2.45 bits per heavy atom. The zero-order valence-electron chi connectivity index (χ0n) is 23.7. The van der Waals surface area contributed by atoms with Crippen LogP contribution in [-0.4, -0.2) is 68.1 Å². The summed E-state index contributed by atoms with van der Waals surface area (Å²) in [4.78, 5) is 30.6. The summed E-state index contributed by atoms with van der Waals surface area (Å²) >= 11 is 0. The Labute approximate surface area is 234 Å².